The Morgan fingerprint density at radius 3 is 2.58 bits per heavy atom. The second kappa shape index (κ2) is 7.61. The average Bonchev–Trinajstić information content (AvgIpc) is 3.09. The van der Waals surface area contributed by atoms with Gasteiger partial charge in [0.15, 0.2) is 0 Å². The number of para-hydroxylation sites is 1. The molecule has 0 bridgehead atoms. The highest BCUT2D eigenvalue weighted by atomic mass is 32.1. The smallest absolute Gasteiger partial charge is 0.251 e. The van der Waals surface area contributed by atoms with Crippen molar-refractivity contribution in [1.29, 1.82) is 0 Å². The number of amides is 2. The number of halogens is 1. The Bertz CT molecular complexity index is 906. The fraction of sp³-hybridized carbons (Fsp3) is 0.211. The second-order valence-electron chi connectivity index (χ2n) is 5.89. The van der Waals surface area contributed by atoms with Gasteiger partial charge in [-0.05, 0) is 43.3 Å². The van der Waals surface area contributed by atoms with Gasteiger partial charge in [0.05, 0.1) is 22.8 Å². The van der Waals surface area contributed by atoms with Crippen molar-refractivity contribution in [1.82, 2.24) is 15.2 Å². The summed E-state index contributed by atoms with van der Waals surface area (Å²) < 4.78 is 14.0. The van der Waals surface area contributed by atoms with Gasteiger partial charge in [0, 0.05) is 12.6 Å². The molecular formula is C19H18FN3O2S. The molecule has 7 heteroatoms. The normalized spacial score (nSPS) is 12.0. The first kappa shape index (κ1) is 18.0. The van der Waals surface area contributed by atoms with Gasteiger partial charge in [-0.2, -0.15) is 0 Å². The van der Waals surface area contributed by atoms with E-state index in [0.29, 0.717) is 5.56 Å². The maximum Gasteiger partial charge on any atom is 0.251 e. The van der Waals surface area contributed by atoms with Crippen LogP contribution in [0.1, 0.15) is 28.3 Å². The van der Waals surface area contributed by atoms with Crippen molar-refractivity contribution >= 4 is 33.4 Å². The number of nitrogens with one attached hydrogen (secondary N) is 1. The highest BCUT2D eigenvalue weighted by molar-refractivity contribution is 7.18. The lowest BCUT2D eigenvalue weighted by Gasteiger charge is -2.23. The zero-order valence-corrected chi connectivity index (χ0v) is 15.2. The van der Waals surface area contributed by atoms with E-state index in [-0.39, 0.29) is 18.5 Å². The van der Waals surface area contributed by atoms with Gasteiger partial charge < -0.3 is 10.2 Å². The van der Waals surface area contributed by atoms with Crippen LogP contribution in [0.2, 0.25) is 0 Å². The molecule has 0 saturated heterocycles. The molecule has 3 aromatic rings. The van der Waals surface area contributed by atoms with E-state index < -0.39 is 11.7 Å². The van der Waals surface area contributed by atoms with Crippen LogP contribution in [0, 0.1) is 5.82 Å². The molecule has 5 nitrogen and oxygen atoms in total. The Balaban J connectivity index is 1.61. The number of aromatic nitrogens is 1. The lowest BCUT2D eigenvalue weighted by Crippen LogP contribution is -2.39. The summed E-state index contributed by atoms with van der Waals surface area (Å²) in [6, 6.07) is 12.8. The summed E-state index contributed by atoms with van der Waals surface area (Å²) in [6.07, 6.45) is 0. The van der Waals surface area contributed by atoms with E-state index in [4.69, 9.17) is 0 Å². The number of hydrogen-bond acceptors (Lipinski definition) is 4. The number of benzene rings is 2. The maximum atomic E-state index is 12.9. The molecule has 0 aliphatic heterocycles. The molecule has 0 fully saturated rings. The number of likely N-dealkylation sites (N-methyl/N-ethyl adjacent to an activating group) is 1. The highest BCUT2D eigenvalue weighted by Gasteiger charge is 2.21. The summed E-state index contributed by atoms with van der Waals surface area (Å²) in [5, 5.41) is 3.40. The first-order valence-corrected chi connectivity index (χ1v) is 8.92. The molecule has 2 aromatic carbocycles. The van der Waals surface area contributed by atoms with Crippen LogP contribution in [0.5, 0.6) is 0 Å². The maximum absolute atomic E-state index is 12.9. The molecule has 26 heavy (non-hydrogen) atoms. The van der Waals surface area contributed by atoms with Gasteiger partial charge in [0.1, 0.15) is 10.8 Å². The zero-order chi connectivity index (χ0) is 18.7. The predicted octanol–water partition coefficient (Wildman–Crippen LogP) is 3.38. The van der Waals surface area contributed by atoms with E-state index in [0.717, 1.165) is 15.2 Å². The van der Waals surface area contributed by atoms with Gasteiger partial charge in [0.2, 0.25) is 5.91 Å². The minimum atomic E-state index is -0.417. The van der Waals surface area contributed by atoms with E-state index in [1.807, 2.05) is 31.2 Å². The molecule has 1 atom stereocenters. The lowest BCUT2D eigenvalue weighted by atomic mass is 10.2. The summed E-state index contributed by atoms with van der Waals surface area (Å²) in [6.45, 7) is 1.76. The fourth-order valence-electron chi connectivity index (χ4n) is 2.43. The standard InChI is InChI=1S/C19H18FN3O2S/c1-12(19-22-15-5-3-4-6-16(15)26-19)23(2)17(24)11-21-18(25)13-7-9-14(20)10-8-13/h3-10,12H,11H2,1-2H3,(H,21,25). The summed E-state index contributed by atoms with van der Waals surface area (Å²) in [5.41, 5.74) is 1.21. The largest absolute Gasteiger partial charge is 0.343 e. The first-order valence-electron chi connectivity index (χ1n) is 8.10. The number of carbonyl (C=O) groups is 2. The van der Waals surface area contributed by atoms with Crippen LogP contribution in [-0.4, -0.2) is 35.3 Å². The van der Waals surface area contributed by atoms with Crippen LogP contribution in [-0.2, 0) is 4.79 Å². The molecule has 0 aliphatic carbocycles. The van der Waals surface area contributed by atoms with E-state index >= 15 is 0 Å². The van der Waals surface area contributed by atoms with E-state index in [2.05, 4.69) is 10.3 Å². The van der Waals surface area contributed by atoms with Crippen molar-refractivity contribution in [2.24, 2.45) is 0 Å². The number of hydrogen-bond donors (Lipinski definition) is 1. The Morgan fingerprint density at radius 1 is 1.19 bits per heavy atom. The topological polar surface area (TPSA) is 62.3 Å². The van der Waals surface area contributed by atoms with Crippen molar-refractivity contribution in [3.63, 3.8) is 0 Å². The molecular weight excluding hydrogens is 353 g/mol. The first-order chi connectivity index (χ1) is 12.5. The number of carbonyl (C=O) groups excluding carboxylic acids is 2. The van der Waals surface area contributed by atoms with Crippen molar-refractivity contribution < 1.29 is 14.0 Å². The lowest BCUT2D eigenvalue weighted by molar-refractivity contribution is -0.130. The van der Waals surface area contributed by atoms with Gasteiger partial charge in [-0.15, -0.1) is 11.3 Å². The van der Waals surface area contributed by atoms with Crippen LogP contribution in [0.3, 0.4) is 0 Å². The molecule has 1 heterocycles. The monoisotopic (exact) mass is 371 g/mol. The average molecular weight is 371 g/mol. The Kier molecular flexibility index (Phi) is 5.27. The number of nitrogens with zero attached hydrogens (tertiary/aromatic N) is 2. The molecule has 0 radical (unpaired) electrons. The fourth-order valence-corrected chi connectivity index (χ4v) is 3.50. The summed E-state index contributed by atoms with van der Waals surface area (Å²) in [7, 11) is 1.68. The Labute approximate surface area is 154 Å². The van der Waals surface area contributed by atoms with Gasteiger partial charge in [-0.3, -0.25) is 9.59 Å². The third-order valence-electron chi connectivity index (χ3n) is 4.15. The summed E-state index contributed by atoms with van der Waals surface area (Å²) >= 11 is 1.55. The minimum absolute atomic E-state index is 0.137. The van der Waals surface area contributed by atoms with Gasteiger partial charge >= 0.3 is 0 Å². The molecule has 3 rings (SSSR count). The predicted molar refractivity (Wildman–Crippen MR) is 99.5 cm³/mol. The third kappa shape index (κ3) is 3.88. The number of rotatable bonds is 5. The van der Waals surface area contributed by atoms with E-state index in [1.165, 1.54) is 24.3 Å². The minimum Gasteiger partial charge on any atom is -0.343 e. The molecule has 1 N–H and O–H groups in total. The third-order valence-corrected chi connectivity index (χ3v) is 5.36. The van der Waals surface area contributed by atoms with Gasteiger partial charge in [0.25, 0.3) is 5.91 Å². The van der Waals surface area contributed by atoms with E-state index in [9.17, 15) is 14.0 Å². The van der Waals surface area contributed by atoms with Crippen molar-refractivity contribution in [3.05, 3.63) is 64.9 Å². The molecule has 134 valence electrons. The van der Waals surface area contributed by atoms with Crippen LogP contribution in [0.25, 0.3) is 10.2 Å². The molecule has 0 aliphatic rings. The van der Waals surface area contributed by atoms with Gasteiger partial charge in [-0.25, -0.2) is 9.37 Å². The Hall–Kier alpha value is -2.80. The zero-order valence-electron chi connectivity index (χ0n) is 14.4. The molecule has 2 amide bonds. The highest BCUT2D eigenvalue weighted by Crippen LogP contribution is 2.28. The number of thiazole rings is 1. The quantitative estimate of drug-likeness (QED) is 0.748. The van der Waals surface area contributed by atoms with Crippen molar-refractivity contribution in [3.8, 4) is 0 Å². The van der Waals surface area contributed by atoms with Crippen LogP contribution in [0.4, 0.5) is 4.39 Å². The van der Waals surface area contributed by atoms with Crippen LogP contribution >= 0.6 is 11.3 Å². The molecule has 0 spiro atoms. The molecule has 1 aromatic heterocycles. The van der Waals surface area contributed by atoms with Crippen LogP contribution < -0.4 is 5.32 Å². The molecule has 0 saturated carbocycles. The van der Waals surface area contributed by atoms with Crippen LogP contribution in [0.15, 0.2) is 48.5 Å². The summed E-state index contributed by atoms with van der Waals surface area (Å²) in [4.78, 5) is 30.5. The van der Waals surface area contributed by atoms with E-state index in [1.54, 1.807) is 23.3 Å². The Morgan fingerprint density at radius 2 is 1.88 bits per heavy atom. The number of fused-ring (bicyclic) bond motifs is 1. The van der Waals surface area contributed by atoms with Crippen molar-refractivity contribution in [2.75, 3.05) is 13.6 Å². The summed E-state index contributed by atoms with van der Waals surface area (Å²) in [5.74, 6) is -1.06. The second-order valence-corrected chi connectivity index (χ2v) is 6.95. The SMILES string of the molecule is CC(c1nc2ccccc2s1)N(C)C(=O)CNC(=O)c1ccc(F)cc1. The van der Waals surface area contributed by atoms with Gasteiger partial charge in [-0.1, -0.05) is 12.1 Å². The molecule has 1 unspecified atom stereocenters. The van der Waals surface area contributed by atoms with Crippen molar-refractivity contribution in [2.45, 2.75) is 13.0 Å².